The van der Waals surface area contributed by atoms with Crippen molar-refractivity contribution < 1.29 is 9.13 Å². The van der Waals surface area contributed by atoms with Crippen molar-refractivity contribution in [1.82, 2.24) is 0 Å². The minimum atomic E-state index is -0.199. The smallest absolute Gasteiger partial charge is 0.128 e. The predicted molar refractivity (Wildman–Crippen MR) is 79.2 cm³/mol. The Morgan fingerprint density at radius 2 is 2.00 bits per heavy atom. The number of aryl methyl sites for hydroxylation is 1. The molecule has 2 aromatic rings. The maximum Gasteiger partial charge on any atom is 0.128 e. The molecule has 2 rings (SSSR count). The Labute approximate surface area is 120 Å². The molecule has 19 heavy (non-hydrogen) atoms. The van der Waals surface area contributed by atoms with Gasteiger partial charge < -0.3 is 10.1 Å². The fourth-order valence-corrected chi connectivity index (χ4v) is 2.10. The SMILES string of the molecule is COc1ccc(Br)c(CNc2ccc(C)c(F)c2)c1. The van der Waals surface area contributed by atoms with E-state index in [4.69, 9.17) is 4.74 Å². The second-order valence-corrected chi connectivity index (χ2v) is 5.13. The molecule has 0 unspecified atom stereocenters. The summed E-state index contributed by atoms with van der Waals surface area (Å²) >= 11 is 3.49. The molecule has 2 aromatic carbocycles. The average molecular weight is 324 g/mol. The molecule has 1 N–H and O–H groups in total. The Balaban J connectivity index is 2.11. The van der Waals surface area contributed by atoms with Crippen molar-refractivity contribution in [1.29, 1.82) is 0 Å². The quantitative estimate of drug-likeness (QED) is 0.893. The molecule has 0 fully saturated rings. The molecule has 4 heteroatoms. The molecule has 0 amide bonds. The summed E-state index contributed by atoms with van der Waals surface area (Å²) in [6.45, 7) is 2.35. The summed E-state index contributed by atoms with van der Waals surface area (Å²) in [6.07, 6.45) is 0. The molecule has 0 saturated heterocycles. The fraction of sp³-hybridized carbons (Fsp3) is 0.200. The fourth-order valence-electron chi connectivity index (χ4n) is 1.71. The van der Waals surface area contributed by atoms with Crippen LogP contribution in [-0.2, 0) is 6.54 Å². The zero-order valence-electron chi connectivity index (χ0n) is 10.8. The molecule has 0 bridgehead atoms. The largest absolute Gasteiger partial charge is 0.497 e. The van der Waals surface area contributed by atoms with Crippen LogP contribution in [0.1, 0.15) is 11.1 Å². The van der Waals surface area contributed by atoms with E-state index >= 15 is 0 Å². The van der Waals surface area contributed by atoms with Crippen LogP contribution in [0.4, 0.5) is 10.1 Å². The monoisotopic (exact) mass is 323 g/mol. The number of ether oxygens (including phenoxy) is 1. The van der Waals surface area contributed by atoms with Crippen molar-refractivity contribution in [3.05, 3.63) is 57.8 Å². The lowest BCUT2D eigenvalue weighted by Gasteiger charge is -2.10. The van der Waals surface area contributed by atoms with Gasteiger partial charge in [0.2, 0.25) is 0 Å². The first-order valence-electron chi connectivity index (χ1n) is 5.92. The highest BCUT2D eigenvalue weighted by Gasteiger charge is 2.03. The molecule has 0 atom stereocenters. The number of halogens is 2. The van der Waals surface area contributed by atoms with Crippen LogP contribution in [0.15, 0.2) is 40.9 Å². The van der Waals surface area contributed by atoms with Crippen LogP contribution in [0, 0.1) is 12.7 Å². The highest BCUT2D eigenvalue weighted by molar-refractivity contribution is 9.10. The number of benzene rings is 2. The maximum atomic E-state index is 13.4. The molecular formula is C15H15BrFNO. The first-order valence-corrected chi connectivity index (χ1v) is 6.72. The van der Waals surface area contributed by atoms with Gasteiger partial charge in [-0.3, -0.25) is 0 Å². The first-order chi connectivity index (χ1) is 9.10. The number of rotatable bonds is 4. The van der Waals surface area contributed by atoms with E-state index in [9.17, 15) is 4.39 Å². The van der Waals surface area contributed by atoms with Crippen molar-refractivity contribution in [2.45, 2.75) is 13.5 Å². The van der Waals surface area contributed by atoms with Gasteiger partial charge in [-0.05, 0) is 48.4 Å². The van der Waals surface area contributed by atoms with Crippen molar-refractivity contribution in [3.8, 4) is 5.75 Å². The molecule has 2 nitrogen and oxygen atoms in total. The van der Waals surface area contributed by atoms with Crippen molar-refractivity contribution >= 4 is 21.6 Å². The summed E-state index contributed by atoms with van der Waals surface area (Å²) in [5.41, 5.74) is 2.46. The van der Waals surface area contributed by atoms with E-state index < -0.39 is 0 Å². The highest BCUT2D eigenvalue weighted by atomic mass is 79.9. The van der Waals surface area contributed by atoms with Crippen LogP contribution >= 0.6 is 15.9 Å². The Kier molecular flexibility index (Phi) is 4.43. The van der Waals surface area contributed by atoms with Gasteiger partial charge in [0.1, 0.15) is 11.6 Å². The Bertz CT molecular complexity index is 586. The molecule has 0 aliphatic carbocycles. The zero-order chi connectivity index (χ0) is 13.8. The molecule has 0 saturated carbocycles. The molecule has 0 radical (unpaired) electrons. The van der Waals surface area contributed by atoms with E-state index in [1.54, 1.807) is 20.1 Å². The van der Waals surface area contributed by atoms with Crippen LogP contribution in [0.2, 0.25) is 0 Å². The van der Waals surface area contributed by atoms with E-state index in [1.165, 1.54) is 6.07 Å². The van der Waals surface area contributed by atoms with Gasteiger partial charge in [0.15, 0.2) is 0 Å². The van der Waals surface area contributed by atoms with Crippen molar-refractivity contribution in [3.63, 3.8) is 0 Å². The van der Waals surface area contributed by atoms with Gasteiger partial charge in [0.25, 0.3) is 0 Å². The normalized spacial score (nSPS) is 10.3. The lowest BCUT2D eigenvalue weighted by Crippen LogP contribution is -2.01. The van der Waals surface area contributed by atoms with Gasteiger partial charge in [-0.1, -0.05) is 22.0 Å². The zero-order valence-corrected chi connectivity index (χ0v) is 12.4. The average Bonchev–Trinajstić information content (AvgIpc) is 2.41. The Hall–Kier alpha value is -1.55. The Morgan fingerprint density at radius 1 is 1.21 bits per heavy atom. The summed E-state index contributed by atoms with van der Waals surface area (Å²) in [6, 6.07) is 10.9. The van der Waals surface area contributed by atoms with Crippen LogP contribution in [0.5, 0.6) is 5.75 Å². The first kappa shape index (κ1) is 13.9. The predicted octanol–water partition coefficient (Wildman–Crippen LogP) is 4.52. The second-order valence-electron chi connectivity index (χ2n) is 4.27. The third-order valence-corrected chi connectivity index (χ3v) is 3.68. The van der Waals surface area contributed by atoms with Gasteiger partial charge in [0, 0.05) is 16.7 Å². The number of methoxy groups -OCH3 is 1. The third kappa shape index (κ3) is 3.47. The van der Waals surface area contributed by atoms with Crippen LogP contribution < -0.4 is 10.1 Å². The van der Waals surface area contributed by atoms with E-state index in [-0.39, 0.29) is 5.82 Å². The van der Waals surface area contributed by atoms with Crippen LogP contribution in [0.3, 0.4) is 0 Å². The summed E-state index contributed by atoms with van der Waals surface area (Å²) < 4.78 is 19.6. The van der Waals surface area contributed by atoms with E-state index in [0.29, 0.717) is 12.1 Å². The summed E-state index contributed by atoms with van der Waals surface area (Å²) in [7, 11) is 1.63. The van der Waals surface area contributed by atoms with E-state index in [1.807, 2.05) is 24.3 Å². The molecule has 0 aliphatic rings. The maximum absolute atomic E-state index is 13.4. The van der Waals surface area contributed by atoms with Crippen molar-refractivity contribution in [2.75, 3.05) is 12.4 Å². The van der Waals surface area contributed by atoms with Gasteiger partial charge in [-0.2, -0.15) is 0 Å². The Morgan fingerprint density at radius 3 is 2.68 bits per heavy atom. The third-order valence-electron chi connectivity index (χ3n) is 2.91. The lowest BCUT2D eigenvalue weighted by atomic mass is 10.2. The minimum Gasteiger partial charge on any atom is -0.497 e. The number of nitrogens with one attached hydrogen (secondary N) is 1. The van der Waals surface area contributed by atoms with Crippen LogP contribution in [-0.4, -0.2) is 7.11 Å². The second kappa shape index (κ2) is 6.06. The van der Waals surface area contributed by atoms with E-state index in [2.05, 4.69) is 21.2 Å². The molecule has 0 aromatic heterocycles. The minimum absolute atomic E-state index is 0.199. The molecule has 100 valence electrons. The molecule has 0 heterocycles. The topological polar surface area (TPSA) is 21.3 Å². The van der Waals surface area contributed by atoms with Crippen molar-refractivity contribution in [2.24, 2.45) is 0 Å². The molecular weight excluding hydrogens is 309 g/mol. The number of hydrogen-bond acceptors (Lipinski definition) is 2. The summed E-state index contributed by atoms with van der Waals surface area (Å²) in [4.78, 5) is 0. The van der Waals surface area contributed by atoms with Gasteiger partial charge in [-0.15, -0.1) is 0 Å². The summed E-state index contributed by atoms with van der Waals surface area (Å²) in [5, 5.41) is 3.20. The van der Waals surface area contributed by atoms with E-state index in [0.717, 1.165) is 21.5 Å². The highest BCUT2D eigenvalue weighted by Crippen LogP contribution is 2.23. The van der Waals surface area contributed by atoms with Gasteiger partial charge in [0.05, 0.1) is 7.11 Å². The standard InChI is InChI=1S/C15H15BrFNO/c1-10-3-4-12(8-15(10)17)18-9-11-7-13(19-2)5-6-14(11)16/h3-8,18H,9H2,1-2H3. The van der Waals surface area contributed by atoms with Crippen LogP contribution in [0.25, 0.3) is 0 Å². The number of anilines is 1. The summed E-state index contributed by atoms with van der Waals surface area (Å²) in [5.74, 6) is 0.602. The number of hydrogen-bond donors (Lipinski definition) is 1. The van der Waals surface area contributed by atoms with Gasteiger partial charge >= 0.3 is 0 Å². The molecule has 0 aliphatic heterocycles. The lowest BCUT2D eigenvalue weighted by molar-refractivity contribution is 0.414. The van der Waals surface area contributed by atoms with Gasteiger partial charge in [-0.25, -0.2) is 4.39 Å². The molecule has 0 spiro atoms.